The molecule has 1 saturated carbocycles. The zero-order valence-electron chi connectivity index (χ0n) is 15.8. The predicted molar refractivity (Wildman–Crippen MR) is 105 cm³/mol. The fourth-order valence-corrected chi connectivity index (χ4v) is 5.62. The van der Waals surface area contributed by atoms with Crippen LogP contribution in [0.5, 0.6) is 0 Å². The van der Waals surface area contributed by atoms with Crippen molar-refractivity contribution < 1.29 is 24.1 Å². The molecule has 2 fully saturated rings. The van der Waals surface area contributed by atoms with Crippen LogP contribution in [0, 0.1) is 11.8 Å². The van der Waals surface area contributed by atoms with Gasteiger partial charge in [0.1, 0.15) is 4.88 Å². The van der Waals surface area contributed by atoms with Gasteiger partial charge in [0, 0.05) is 29.4 Å². The monoisotopic (exact) mass is 416 g/mol. The van der Waals surface area contributed by atoms with E-state index in [-0.39, 0.29) is 42.2 Å². The molecule has 0 radical (unpaired) electrons. The van der Waals surface area contributed by atoms with Gasteiger partial charge in [0.05, 0.1) is 13.2 Å². The van der Waals surface area contributed by atoms with Crippen molar-refractivity contribution in [3.63, 3.8) is 0 Å². The van der Waals surface area contributed by atoms with Crippen molar-refractivity contribution in [3.8, 4) is 0 Å². The van der Waals surface area contributed by atoms with E-state index in [1.54, 1.807) is 0 Å². The molecule has 1 saturated heterocycles. The van der Waals surface area contributed by atoms with E-state index < -0.39 is 0 Å². The van der Waals surface area contributed by atoms with E-state index in [0.717, 1.165) is 51.6 Å². The lowest BCUT2D eigenvalue weighted by molar-refractivity contribution is -0.197. The molecule has 1 aliphatic heterocycles. The van der Waals surface area contributed by atoms with E-state index in [2.05, 4.69) is 0 Å². The fourth-order valence-electron chi connectivity index (χ4n) is 4.17. The van der Waals surface area contributed by atoms with Crippen molar-refractivity contribution in [2.24, 2.45) is 11.8 Å². The third-order valence-electron chi connectivity index (χ3n) is 5.63. The molecule has 3 rings (SSSR count). The minimum atomic E-state index is -0.284. The van der Waals surface area contributed by atoms with Crippen LogP contribution < -0.4 is 0 Å². The Morgan fingerprint density at radius 1 is 1.37 bits per heavy atom. The summed E-state index contributed by atoms with van der Waals surface area (Å²) in [5.74, 6) is 0.0189. The summed E-state index contributed by atoms with van der Waals surface area (Å²) in [5.41, 5.74) is 0. The summed E-state index contributed by atoms with van der Waals surface area (Å²) in [7, 11) is 1.40. The van der Waals surface area contributed by atoms with Crippen molar-refractivity contribution >= 4 is 28.9 Å². The van der Waals surface area contributed by atoms with Gasteiger partial charge in [-0.2, -0.15) is 0 Å². The van der Waals surface area contributed by atoms with Crippen molar-refractivity contribution in [1.82, 2.24) is 0 Å². The average Bonchev–Trinajstić information content (AvgIpc) is 3.27. The van der Waals surface area contributed by atoms with Crippen molar-refractivity contribution in [3.05, 3.63) is 21.9 Å². The van der Waals surface area contributed by atoms with Crippen LogP contribution in [-0.4, -0.2) is 49.2 Å². The van der Waals surface area contributed by atoms with Crippen LogP contribution in [0.25, 0.3) is 0 Å². The molecule has 7 heteroatoms. The highest BCUT2D eigenvalue weighted by Gasteiger charge is 2.43. The molecule has 5 atom stereocenters. The topological polar surface area (TPSA) is 65.0 Å². The van der Waals surface area contributed by atoms with Gasteiger partial charge in [0.2, 0.25) is 0 Å². The molecular formula is C20H29ClO5S. The number of aryl methyl sites for hydroxylation is 1. The maximum absolute atomic E-state index is 11.6. The zero-order chi connectivity index (χ0) is 19.2. The van der Waals surface area contributed by atoms with Crippen LogP contribution in [-0.2, 0) is 20.6 Å². The highest BCUT2D eigenvalue weighted by atomic mass is 35.5. The third kappa shape index (κ3) is 5.45. The van der Waals surface area contributed by atoms with Gasteiger partial charge in [0.25, 0.3) is 0 Å². The highest BCUT2D eigenvalue weighted by molar-refractivity contribution is 7.13. The summed E-state index contributed by atoms with van der Waals surface area (Å²) in [6, 6.07) is 3.80. The summed E-state index contributed by atoms with van der Waals surface area (Å²) in [6.45, 7) is 0.847. The van der Waals surface area contributed by atoms with Crippen LogP contribution >= 0.6 is 22.9 Å². The van der Waals surface area contributed by atoms with Crippen LogP contribution in [0.2, 0.25) is 0 Å². The Labute approximate surface area is 169 Å². The summed E-state index contributed by atoms with van der Waals surface area (Å²) >= 11 is 8.10. The van der Waals surface area contributed by atoms with Gasteiger partial charge in [-0.3, -0.25) is 0 Å². The Hall–Kier alpha value is -0.660. The van der Waals surface area contributed by atoms with Crippen molar-refractivity contribution in [2.45, 2.75) is 62.7 Å². The van der Waals surface area contributed by atoms with Gasteiger partial charge in [-0.1, -0.05) is 0 Å². The number of rotatable bonds is 8. The molecule has 1 N–H and O–H groups in total. The minimum Gasteiger partial charge on any atom is -0.465 e. The lowest BCUT2D eigenvalue weighted by Crippen LogP contribution is -2.33. The molecule has 2 heterocycles. The second-order valence-electron chi connectivity index (χ2n) is 7.38. The van der Waals surface area contributed by atoms with Crippen molar-refractivity contribution in [2.75, 3.05) is 20.3 Å². The molecule has 1 aromatic rings. The number of esters is 1. The van der Waals surface area contributed by atoms with Gasteiger partial charge in [-0.15, -0.1) is 22.9 Å². The predicted octanol–water partition coefficient (Wildman–Crippen LogP) is 4.01. The molecular weight excluding hydrogens is 388 g/mol. The molecule has 0 bridgehead atoms. The van der Waals surface area contributed by atoms with E-state index >= 15 is 0 Å². The number of aliphatic hydroxyl groups excluding tert-OH is 1. The molecule has 0 spiro atoms. The Morgan fingerprint density at radius 3 is 2.93 bits per heavy atom. The van der Waals surface area contributed by atoms with Gasteiger partial charge in [-0.25, -0.2) is 4.79 Å². The standard InChI is InChI=1S/C20H29ClO5S/c1-24-20(23)18-9-8-13(27-18)5-4-6-14-15(12-22)17(11-16(14)21)26-19-7-2-3-10-25-19/h8-9,14-17,19,22H,2-7,10-12H2,1H3/t14-,15?,16-,17-,19?/m1/s1. The first-order valence-electron chi connectivity index (χ1n) is 9.81. The SMILES string of the molecule is COC(=O)c1ccc(CCC[C@@H]2C(CO)[C@H](OC3CCCCO3)C[C@H]2Cl)s1. The van der Waals surface area contributed by atoms with E-state index in [1.807, 2.05) is 12.1 Å². The molecule has 152 valence electrons. The molecule has 1 aliphatic carbocycles. The van der Waals surface area contributed by atoms with Gasteiger partial charge >= 0.3 is 5.97 Å². The molecule has 27 heavy (non-hydrogen) atoms. The first kappa shape index (κ1) is 21.1. The minimum absolute atomic E-state index is 0.0182. The average molecular weight is 417 g/mol. The van der Waals surface area contributed by atoms with Crippen LogP contribution in [0.3, 0.4) is 0 Å². The molecule has 0 amide bonds. The fraction of sp³-hybridized carbons (Fsp3) is 0.750. The van der Waals surface area contributed by atoms with Crippen LogP contribution in [0.15, 0.2) is 12.1 Å². The number of halogens is 1. The summed E-state index contributed by atoms with van der Waals surface area (Å²) in [6.07, 6.45) is 6.54. The third-order valence-corrected chi connectivity index (χ3v) is 7.26. The quantitative estimate of drug-likeness (QED) is 0.512. The number of thiophene rings is 1. The Balaban J connectivity index is 1.49. The molecule has 2 aliphatic rings. The number of hydrogen-bond donors (Lipinski definition) is 1. The lowest BCUT2D eigenvalue weighted by atomic mass is 9.90. The first-order valence-corrected chi connectivity index (χ1v) is 11.1. The van der Waals surface area contributed by atoms with Gasteiger partial charge < -0.3 is 19.3 Å². The molecule has 5 nitrogen and oxygen atoms in total. The number of aliphatic hydroxyl groups is 1. The number of methoxy groups -OCH3 is 1. The largest absolute Gasteiger partial charge is 0.465 e. The van der Waals surface area contributed by atoms with Crippen LogP contribution in [0.1, 0.15) is 53.1 Å². The Bertz CT molecular complexity index is 601. The summed E-state index contributed by atoms with van der Waals surface area (Å²) < 4.78 is 16.6. The number of carbonyl (C=O) groups is 1. The maximum atomic E-state index is 11.6. The highest BCUT2D eigenvalue weighted by Crippen LogP contribution is 2.41. The zero-order valence-corrected chi connectivity index (χ0v) is 17.3. The Kier molecular flexibility index (Phi) is 7.97. The Morgan fingerprint density at radius 2 is 2.22 bits per heavy atom. The normalized spacial score (nSPS) is 31.1. The smallest absolute Gasteiger partial charge is 0.348 e. The summed E-state index contributed by atoms with van der Waals surface area (Å²) in [4.78, 5) is 13.4. The van der Waals surface area contributed by atoms with Crippen LogP contribution in [0.4, 0.5) is 0 Å². The van der Waals surface area contributed by atoms with E-state index in [0.29, 0.717) is 4.88 Å². The lowest BCUT2D eigenvalue weighted by Gasteiger charge is -2.29. The molecule has 2 unspecified atom stereocenters. The van der Waals surface area contributed by atoms with E-state index in [4.69, 9.17) is 25.8 Å². The second kappa shape index (κ2) is 10.2. The second-order valence-corrected chi connectivity index (χ2v) is 9.11. The van der Waals surface area contributed by atoms with Gasteiger partial charge in [0.15, 0.2) is 6.29 Å². The van der Waals surface area contributed by atoms with Crippen molar-refractivity contribution in [1.29, 1.82) is 0 Å². The number of ether oxygens (including phenoxy) is 3. The van der Waals surface area contributed by atoms with Gasteiger partial charge in [-0.05, 0) is 63.0 Å². The summed E-state index contributed by atoms with van der Waals surface area (Å²) in [5, 5.41) is 9.95. The number of alkyl halides is 1. The number of hydrogen-bond acceptors (Lipinski definition) is 6. The first-order chi connectivity index (χ1) is 13.1. The van der Waals surface area contributed by atoms with E-state index in [1.165, 1.54) is 23.3 Å². The number of carbonyl (C=O) groups excluding carboxylic acids is 1. The molecule has 1 aromatic heterocycles. The molecule has 0 aromatic carbocycles. The van der Waals surface area contributed by atoms with E-state index in [9.17, 15) is 9.90 Å². The maximum Gasteiger partial charge on any atom is 0.348 e.